The van der Waals surface area contributed by atoms with E-state index in [1.165, 1.54) is 5.56 Å². The minimum absolute atomic E-state index is 0.267. The summed E-state index contributed by atoms with van der Waals surface area (Å²) in [6.45, 7) is 15.9. The minimum atomic E-state index is 0.267. The Balaban J connectivity index is 1.91. The van der Waals surface area contributed by atoms with Crippen molar-refractivity contribution >= 4 is 11.9 Å². The van der Waals surface area contributed by atoms with E-state index in [-0.39, 0.29) is 5.91 Å². The second kappa shape index (κ2) is 11.8. The summed E-state index contributed by atoms with van der Waals surface area (Å²) in [5, 5.41) is 6.79. The Morgan fingerprint density at radius 2 is 1.90 bits per heavy atom. The number of amides is 1. The van der Waals surface area contributed by atoms with Crippen LogP contribution >= 0.6 is 0 Å². The standard InChI is InChI=1S/C23H39N5O/c1-6-24-23(25-12-14-28(18(2)3)19(4)5)26-16-20-9-7-10-21(15-20)17-27-13-8-11-22(27)29/h7,9-10,15,18-19H,6,8,11-14,16-17H2,1-5H3,(H2,24,25,26). The number of hydrogen-bond donors (Lipinski definition) is 2. The molecule has 6 nitrogen and oxygen atoms in total. The molecule has 0 aromatic heterocycles. The van der Waals surface area contributed by atoms with Crippen LogP contribution in [0.25, 0.3) is 0 Å². The monoisotopic (exact) mass is 401 g/mol. The van der Waals surface area contributed by atoms with E-state index in [1.807, 2.05) is 4.90 Å². The second-order valence-electron chi connectivity index (χ2n) is 8.29. The molecule has 0 bridgehead atoms. The van der Waals surface area contributed by atoms with Crippen molar-refractivity contribution in [3.8, 4) is 0 Å². The van der Waals surface area contributed by atoms with E-state index in [0.29, 0.717) is 31.6 Å². The van der Waals surface area contributed by atoms with Crippen molar-refractivity contribution in [1.82, 2.24) is 20.4 Å². The summed E-state index contributed by atoms with van der Waals surface area (Å²) in [4.78, 5) is 21.0. The van der Waals surface area contributed by atoms with Crippen LogP contribution in [-0.4, -0.2) is 59.9 Å². The maximum atomic E-state index is 11.9. The molecule has 0 spiro atoms. The molecule has 1 aliphatic heterocycles. The van der Waals surface area contributed by atoms with Crippen molar-refractivity contribution in [2.24, 2.45) is 4.99 Å². The first kappa shape index (κ1) is 23.2. The number of likely N-dealkylation sites (tertiary alicyclic amines) is 1. The molecule has 2 N–H and O–H groups in total. The summed E-state index contributed by atoms with van der Waals surface area (Å²) in [7, 11) is 0. The van der Waals surface area contributed by atoms with Gasteiger partial charge in [0.1, 0.15) is 0 Å². The van der Waals surface area contributed by atoms with Gasteiger partial charge >= 0.3 is 0 Å². The van der Waals surface area contributed by atoms with Crippen LogP contribution in [0, 0.1) is 0 Å². The molecule has 162 valence electrons. The van der Waals surface area contributed by atoms with Crippen molar-refractivity contribution in [2.45, 2.75) is 72.6 Å². The number of aliphatic imine (C=N–C) groups is 1. The van der Waals surface area contributed by atoms with Crippen LogP contribution in [0.5, 0.6) is 0 Å². The summed E-state index contributed by atoms with van der Waals surface area (Å²) < 4.78 is 0. The lowest BCUT2D eigenvalue weighted by atomic mass is 10.1. The summed E-state index contributed by atoms with van der Waals surface area (Å²) in [6.07, 6.45) is 1.67. The highest BCUT2D eigenvalue weighted by Crippen LogP contribution is 2.15. The molecule has 1 amide bonds. The lowest BCUT2D eigenvalue weighted by Crippen LogP contribution is -2.45. The first-order chi connectivity index (χ1) is 13.9. The SMILES string of the molecule is CCNC(=NCc1cccc(CN2CCCC2=O)c1)NCCN(C(C)C)C(C)C. The number of rotatable bonds is 10. The van der Waals surface area contributed by atoms with E-state index in [0.717, 1.165) is 44.1 Å². The highest BCUT2D eigenvalue weighted by atomic mass is 16.2. The molecule has 0 radical (unpaired) electrons. The van der Waals surface area contributed by atoms with Gasteiger partial charge in [0.2, 0.25) is 5.91 Å². The lowest BCUT2D eigenvalue weighted by molar-refractivity contribution is -0.128. The number of carbonyl (C=O) groups is 1. The molecule has 1 aromatic rings. The third-order valence-electron chi connectivity index (χ3n) is 5.29. The van der Waals surface area contributed by atoms with Gasteiger partial charge in [0.25, 0.3) is 0 Å². The fourth-order valence-electron chi connectivity index (χ4n) is 3.85. The Labute approximate surface area is 176 Å². The molecule has 29 heavy (non-hydrogen) atoms. The van der Waals surface area contributed by atoms with Gasteiger partial charge in [0, 0.05) is 51.2 Å². The van der Waals surface area contributed by atoms with Gasteiger partial charge in [0.05, 0.1) is 6.54 Å². The zero-order chi connectivity index (χ0) is 21.2. The van der Waals surface area contributed by atoms with Gasteiger partial charge in [0.15, 0.2) is 5.96 Å². The van der Waals surface area contributed by atoms with Crippen LogP contribution in [0.2, 0.25) is 0 Å². The average Bonchev–Trinajstić information content (AvgIpc) is 3.07. The van der Waals surface area contributed by atoms with Gasteiger partial charge in [-0.05, 0) is 52.2 Å². The van der Waals surface area contributed by atoms with E-state index in [9.17, 15) is 4.79 Å². The quantitative estimate of drug-likeness (QED) is 0.467. The number of benzene rings is 1. The Morgan fingerprint density at radius 1 is 1.17 bits per heavy atom. The second-order valence-corrected chi connectivity index (χ2v) is 8.29. The highest BCUT2D eigenvalue weighted by molar-refractivity contribution is 5.79. The van der Waals surface area contributed by atoms with E-state index in [1.54, 1.807) is 0 Å². The fourth-order valence-corrected chi connectivity index (χ4v) is 3.85. The zero-order valence-corrected chi connectivity index (χ0v) is 18.9. The molecule has 6 heteroatoms. The van der Waals surface area contributed by atoms with Crippen molar-refractivity contribution in [3.05, 3.63) is 35.4 Å². The normalized spacial score (nSPS) is 15.1. The molecule has 0 unspecified atom stereocenters. The Hall–Kier alpha value is -2.08. The molecule has 1 saturated heterocycles. The van der Waals surface area contributed by atoms with Crippen LogP contribution in [0.15, 0.2) is 29.3 Å². The predicted octanol–water partition coefficient (Wildman–Crippen LogP) is 2.98. The fraction of sp³-hybridized carbons (Fsp3) is 0.652. The molecular formula is C23H39N5O. The van der Waals surface area contributed by atoms with Gasteiger partial charge in [-0.2, -0.15) is 0 Å². The number of guanidine groups is 1. The van der Waals surface area contributed by atoms with Crippen molar-refractivity contribution in [2.75, 3.05) is 26.2 Å². The number of hydrogen-bond acceptors (Lipinski definition) is 3. The third kappa shape index (κ3) is 7.69. The Bertz CT molecular complexity index is 663. The molecule has 1 fully saturated rings. The van der Waals surface area contributed by atoms with E-state index in [4.69, 9.17) is 4.99 Å². The van der Waals surface area contributed by atoms with Crippen molar-refractivity contribution in [1.29, 1.82) is 0 Å². The van der Waals surface area contributed by atoms with Crippen LogP contribution in [-0.2, 0) is 17.9 Å². The molecular weight excluding hydrogens is 362 g/mol. The molecule has 0 aliphatic carbocycles. The molecule has 1 heterocycles. The molecule has 2 rings (SSSR count). The first-order valence-corrected chi connectivity index (χ1v) is 11.0. The maximum absolute atomic E-state index is 11.9. The summed E-state index contributed by atoms with van der Waals surface area (Å²) in [5.41, 5.74) is 2.34. The van der Waals surface area contributed by atoms with Crippen LogP contribution in [0.1, 0.15) is 58.6 Å². The summed E-state index contributed by atoms with van der Waals surface area (Å²) >= 11 is 0. The van der Waals surface area contributed by atoms with E-state index < -0.39 is 0 Å². The van der Waals surface area contributed by atoms with Crippen molar-refractivity contribution in [3.63, 3.8) is 0 Å². The highest BCUT2D eigenvalue weighted by Gasteiger charge is 2.19. The van der Waals surface area contributed by atoms with Crippen LogP contribution in [0.4, 0.5) is 0 Å². The third-order valence-corrected chi connectivity index (χ3v) is 5.29. The van der Waals surface area contributed by atoms with E-state index >= 15 is 0 Å². The van der Waals surface area contributed by atoms with Crippen molar-refractivity contribution < 1.29 is 4.79 Å². The lowest BCUT2D eigenvalue weighted by Gasteiger charge is -2.30. The van der Waals surface area contributed by atoms with Crippen LogP contribution in [0.3, 0.4) is 0 Å². The van der Waals surface area contributed by atoms with Gasteiger partial charge in [-0.3, -0.25) is 9.69 Å². The first-order valence-electron chi connectivity index (χ1n) is 11.0. The average molecular weight is 402 g/mol. The number of nitrogens with zero attached hydrogens (tertiary/aromatic N) is 3. The smallest absolute Gasteiger partial charge is 0.222 e. The van der Waals surface area contributed by atoms with Crippen LogP contribution < -0.4 is 10.6 Å². The Kier molecular flexibility index (Phi) is 9.45. The van der Waals surface area contributed by atoms with Gasteiger partial charge in [-0.15, -0.1) is 0 Å². The van der Waals surface area contributed by atoms with Gasteiger partial charge in [-0.25, -0.2) is 4.99 Å². The summed E-state index contributed by atoms with van der Waals surface area (Å²) in [5.74, 6) is 1.11. The van der Waals surface area contributed by atoms with Gasteiger partial charge in [-0.1, -0.05) is 24.3 Å². The predicted molar refractivity (Wildman–Crippen MR) is 121 cm³/mol. The topological polar surface area (TPSA) is 60.0 Å². The number of carbonyl (C=O) groups excluding carboxylic acids is 1. The molecule has 0 atom stereocenters. The number of nitrogens with one attached hydrogen (secondary N) is 2. The molecule has 1 aromatic carbocycles. The maximum Gasteiger partial charge on any atom is 0.222 e. The zero-order valence-electron chi connectivity index (χ0n) is 18.9. The minimum Gasteiger partial charge on any atom is -0.357 e. The molecule has 0 saturated carbocycles. The summed E-state index contributed by atoms with van der Waals surface area (Å²) in [6, 6.07) is 9.47. The largest absolute Gasteiger partial charge is 0.357 e. The van der Waals surface area contributed by atoms with Gasteiger partial charge < -0.3 is 15.5 Å². The Morgan fingerprint density at radius 3 is 2.52 bits per heavy atom. The van der Waals surface area contributed by atoms with E-state index in [2.05, 4.69) is 74.4 Å². The molecule has 1 aliphatic rings.